The summed E-state index contributed by atoms with van der Waals surface area (Å²) in [6.07, 6.45) is 7.24. The molecule has 4 amide bonds. The molecule has 2 heterocycles. The number of aryl methyl sites for hydroxylation is 1. The van der Waals surface area contributed by atoms with Gasteiger partial charge in [-0.05, 0) is 92.8 Å². The van der Waals surface area contributed by atoms with Gasteiger partial charge in [0.05, 0.1) is 0 Å². The fourth-order valence-corrected chi connectivity index (χ4v) is 7.20. The van der Waals surface area contributed by atoms with E-state index < -0.39 is 5.54 Å². The molecule has 0 saturated carbocycles. The lowest BCUT2D eigenvalue weighted by Crippen LogP contribution is -2.67. The third-order valence-electron chi connectivity index (χ3n) is 9.53. The van der Waals surface area contributed by atoms with Crippen LogP contribution < -0.4 is 10.6 Å². The molecule has 1 atom stereocenters. The van der Waals surface area contributed by atoms with Crippen LogP contribution >= 0.6 is 11.6 Å². The monoisotopic (exact) mass is 593 g/mol. The number of benzene rings is 2. The number of halogens is 1. The average Bonchev–Trinajstić information content (AvgIpc) is 3.03. The summed E-state index contributed by atoms with van der Waals surface area (Å²) in [4.78, 5) is 45.6. The van der Waals surface area contributed by atoms with Gasteiger partial charge < -0.3 is 25.3 Å². The quantitative estimate of drug-likeness (QED) is 0.450. The van der Waals surface area contributed by atoms with E-state index in [-0.39, 0.29) is 23.8 Å². The zero-order valence-corrected chi connectivity index (χ0v) is 25.7. The second kappa shape index (κ2) is 13.5. The fraction of sp³-hybridized carbons (Fsp3) is 0.545. The molecule has 2 aromatic carbocycles. The smallest absolute Gasteiger partial charge is 0.318 e. The Morgan fingerprint density at radius 1 is 1.05 bits per heavy atom. The first-order chi connectivity index (χ1) is 20.3. The number of hydrogen-bond donors (Lipinski definition) is 2. The van der Waals surface area contributed by atoms with Gasteiger partial charge in [-0.25, -0.2) is 4.79 Å². The van der Waals surface area contributed by atoms with Crippen molar-refractivity contribution in [1.82, 2.24) is 25.3 Å². The van der Waals surface area contributed by atoms with Crippen molar-refractivity contribution < 1.29 is 14.4 Å². The number of piperidine rings is 1. The van der Waals surface area contributed by atoms with E-state index in [1.165, 1.54) is 17.5 Å². The van der Waals surface area contributed by atoms with Crippen LogP contribution in [0.2, 0.25) is 5.02 Å². The van der Waals surface area contributed by atoms with Gasteiger partial charge in [0.1, 0.15) is 5.54 Å². The Labute approximate surface area is 254 Å². The van der Waals surface area contributed by atoms with Crippen LogP contribution in [-0.4, -0.2) is 91.4 Å². The van der Waals surface area contributed by atoms with Crippen LogP contribution in [-0.2, 0) is 17.6 Å². The fourth-order valence-electron chi connectivity index (χ4n) is 7.07. The van der Waals surface area contributed by atoms with Crippen LogP contribution in [0.25, 0.3) is 0 Å². The second-order valence-electron chi connectivity index (χ2n) is 12.1. The Kier molecular flexibility index (Phi) is 9.74. The number of urea groups is 1. The Balaban J connectivity index is 1.27. The second-order valence-corrected chi connectivity index (χ2v) is 12.5. The molecule has 1 unspecified atom stereocenters. The van der Waals surface area contributed by atoms with E-state index in [1.54, 1.807) is 11.9 Å². The van der Waals surface area contributed by atoms with Crippen molar-refractivity contribution in [2.75, 3.05) is 53.4 Å². The van der Waals surface area contributed by atoms with Crippen LogP contribution in [0.15, 0.2) is 42.5 Å². The van der Waals surface area contributed by atoms with Crippen molar-refractivity contribution >= 4 is 29.4 Å². The number of nitrogens with one attached hydrogen (secondary N) is 2. The summed E-state index contributed by atoms with van der Waals surface area (Å²) in [7, 11) is 3.56. The van der Waals surface area contributed by atoms with E-state index in [4.69, 9.17) is 11.6 Å². The summed E-state index contributed by atoms with van der Waals surface area (Å²) in [5.41, 5.74) is 3.73. The van der Waals surface area contributed by atoms with Crippen molar-refractivity contribution in [2.45, 2.75) is 62.8 Å². The topological polar surface area (TPSA) is 85.0 Å². The third-order valence-corrected chi connectivity index (χ3v) is 9.78. The highest BCUT2D eigenvalue weighted by atomic mass is 35.5. The molecule has 2 N–H and O–H groups in total. The number of likely N-dealkylation sites (tertiary alicyclic amines) is 1. The Morgan fingerprint density at radius 2 is 1.79 bits per heavy atom. The Morgan fingerprint density at radius 3 is 2.50 bits per heavy atom. The maximum Gasteiger partial charge on any atom is 0.318 e. The molecule has 0 radical (unpaired) electrons. The minimum absolute atomic E-state index is 0.0820. The lowest BCUT2D eigenvalue weighted by Gasteiger charge is -2.48. The standard InChI is InChI=1S/C33H44ClN5O3/c1-35-31(41)33(39-19-6-18-36-32(39)42)16-21-38(22-17-33)20-15-26(24-11-13-27(34)14-12-24)23-37(2)30(40)29-10-5-8-25-7-3-4-9-28(25)29/h5,8,10-14,26H,3-4,6-7,9,15-23H2,1-2H3,(H,35,41)(H,36,42). The highest BCUT2D eigenvalue weighted by Crippen LogP contribution is 2.32. The first-order valence-electron chi connectivity index (χ1n) is 15.4. The van der Waals surface area contributed by atoms with Crippen molar-refractivity contribution in [3.05, 3.63) is 69.7 Å². The van der Waals surface area contributed by atoms with Gasteiger partial charge in [-0.2, -0.15) is 0 Å². The summed E-state index contributed by atoms with van der Waals surface area (Å²) in [5.74, 6) is 0.136. The average molecular weight is 594 g/mol. The number of amides is 4. The SMILES string of the molecule is CNC(=O)C1(N2CCCNC2=O)CCN(CCC(CN(C)C(=O)c2cccc3c2CCCC3)c2ccc(Cl)cc2)CC1. The molecular formula is C33H44ClN5O3. The number of likely N-dealkylation sites (N-methyl/N-ethyl adjacent to an activating group) is 2. The van der Waals surface area contributed by atoms with E-state index in [0.717, 1.165) is 62.9 Å². The predicted molar refractivity (Wildman–Crippen MR) is 166 cm³/mol. The molecule has 5 rings (SSSR count). The van der Waals surface area contributed by atoms with E-state index in [1.807, 2.05) is 36.2 Å². The molecular weight excluding hydrogens is 550 g/mol. The van der Waals surface area contributed by atoms with Crippen LogP contribution in [0.5, 0.6) is 0 Å². The zero-order valence-electron chi connectivity index (χ0n) is 25.0. The van der Waals surface area contributed by atoms with Gasteiger partial charge >= 0.3 is 6.03 Å². The number of carbonyl (C=O) groups is 3. The van der Waals surface area contributed by atoms with E-state index in [9.17, 15) is 14.4 Å². The van der Waals surface area contributed by atoms with Gasteiger partial charge in [0, 0.05) is 63.3 Å². The van der Waals surface area contributed by atoms with Gasteiger partial charge in [-0.15, -0.1) is 0 Å². The molecule has 0 spiro atoms. The summed E-state index contributed by atoms with van der Waals surface area (Å²) >= 11 is 6.22. The zero-order chi connectivity index (χ0) is 29.7. The largest absolute Gasteiger partial charge is 0.357 e. The van der Waals surface area contributed by atoms with Gasteiger partial charge in [-0.1, -0.05) is 35.9 Å². The lowest BCUT2D eigenvalue weighted by atomic mass is 9.83. The van der Waals surface area contributed by atoms with Crippen molar-refractivity contribution in [3.8, 4) is 0 Å². The molecule has 42 heavy (non-hydrogen) atoms. The highest BCUT2D eigenvalue weighted by Gasteiger charge is 2.48. The van der Waals surface area contributed by atoms with Crippen LogP contribution in [0, 0.1) is 0 Å². The summed E-state index contributed by atoms with van der Waals surface area (Å²) < 4.78 is 0. The van der Waals surface area contributed by atoms with Crippen LogP contribution in [0.3, 0.4) is 0 Å². The predicted octanol–water partition coefficient (Wildman–Crippen LogP) is 4.46. The molecule has 8 nitrogen and oxygen atoms in total. The van der Waals surface area contributed by atoms with Gasteiger partial charge in [0.25, 0.3) is 5.91 Å². The number of carbonyl (C=O) groups excluding carboxylic acids is 3. The number of rotatable bonds is 9. The molecule has 2 saturated heterocycles. The molecule has 2 fully saturated rings. The molecule has 3 aliphatic rings. The molecule has 2 aliphatic heterocycles. The van der Waals surface area contributed by atoms with E-state index in [2.05, 4.69) is 33.7 Å². The first-order valence-corrected chi connectivity index (χ1v) is 15.8. The van der Waals surface area contributed by atoms with Gasteiger partial charge in [0.15, 0.2) is 0 Å². The summed E-state index contributed by atoms with van der Waals surface area (Å²) in [6.45, 7) is 4.16. The maximum absolute atomic E-state index is 13.7. The van der Waals surface area contributed by atoms with Crippen molar-refractivity contribution in [3.63, 3.8) is 0 Å². The number of hydrogen-bond acceptors (Lipinski definition) is 4. The van der Waals surface area contributed by atoms with Gasteiger partial charge in [-0.3, -0.25) is 9.59 Å². The Bertz CT molecular complexity index is 1270. The van der Waals surface area contributed by atoms with Crippen LogP contribution in [0.1, 0.15) is 71.5 Å². The summed E-state index contributed by atoms with van der Waals surface area (Å²) in [5, 5.41) is 6.43. The van der Waals surface area contributed by atoms with E-state index >= 15 is 0 Å². The van der Waals surface area contributed by atoms with E-state index in [0.29, 0.717) is 37.5 Å². The van der Waals surface area contributed by atoms with Gasteiger partial charge in [0.2, 0.25) is 5.91 Å². The molecule has 2 aromatic rings. The molecule has 226 valence electrons. The minimum Gasteiger partial charge on any atom is -0.357 e. The normalized spacial score (nSPS) is 19.4. The van der Waals surface area contributed by atoms with Crippen molar-refractivity contribution in [2.24, 2.45) is 0 Å². The molecule has 9 heteroatoms. The molecule has 0 aromatic heterocycles. The first kappa shape index (κ1) is 30.4. The maximum atomic E-state index is 13.7. The highest BCUT2D eigenvalue weighted by molar-refractivity contribution is 6.30. The molecule has 0 bridgehead atoms. The summed E-state index contributed by atoms with van der Waals surface area (Å²) in [6, 6.07) is 14.0. The van der Waals surface area contributed by atoms with Crippen molar-refractivity contribution in [1.29, 1.82) is 0 Å². The minimum atomic E-state index is -0.813. The van der Waals surface area contributed by atoms with Crippen LogP contribution in [0.4, 0.5) is 4.79 Å². The lowest BCUT2D eigenvalue weighted by molar-refractivity contribution is -0.135. The molecule has 1 aliphatic carbocycles. The number of nitrogens with zero attached hydrogens (tertiary/aromatic N) is 3. The Hall–Kier alpha value is -3.10. The third kappa shape index (κ3) is 6.45. The number of fused-ring (bicyclic) bond motifs is 1.